The molecule has 4 rings (SSSR count). The van der Waals surface area contributed by atoms with E-state index in [-0.39, 0.29) is 5.91 Å². The number of aromatic nitrogens is 1. The first-order valence-electron chi connectivity index (χ1n) is 10.2. The van der Waals surface area contributed by atoms with Crippen LogP contribution in [0, 0.1) is 0 Å². The molecule has 1 aliphatic rings. The summed E-state index contributed by atoms with van der Waals surface area (Å²) in [5.41, 5.74) is 2.47. The van der Waals surface area contributed by atoms with Crippen molar-refractivity contribution in [2.24, 2.45) is 0 Å². The van der Waals surface area contributed by atoms with Crippen LogP contribution in [-0.4, -0.2) is 65.2 Å². The molecule has 2 aromatic carbocycles. The van der Waals surface area contributed by atoms with Crippen LogP contribution in [0.5, 0.6) is 0 Å². The maximum absolute atomic E-state index is 12.8. The number of nitrogens with one attached hydrogen (secondary N) is 2. The molecule has 2 heterocycles. The zero-order chi connectivity index (χ0) is 21.8. The summed E-state index contributed by atoms with van der Waals surface area (Å²) in [6, 6.07) is 16.9. The minimum atomic E-state index is -0.621. The van der Waals surface area contributed by atoms with Gasteiger partial charge in [-0.1, -0.05) is 41.9 Å². The van der Waals surface area contributed by atoms with E-state index in [1.807, 2.05) is 42.5 Å². The number of para-hydroxylation sites is 1. The first kappa shape index (κ1) is 20.9. The summed E-state index contributed by atoms with van der Waals surface area (Å²) in [5.74, 6) is -1.28. The normalized spacial score (nSPS) is 14.0. The number of carbonyl (C=O) groups is 3. The average molecular weight is 439 g/mol. The fourth-order valence-electron chi connectivity index (χ4n) is 3.66. The van der Waals surface area contributed by atoms with E-state index in [9.17, 15) is 14.4 Å². The van der Waals surface area contributed by atoms with Crippen LogP contribution in [0.2, 0.25) is 5.02 Å². The standard InChI is InChI=1S/C23H23ClN4O3/c24-18-7-5-16(6-8-18)9-10-25-21(29)23(31)28-13-11-27(12-14-28)22(30)20-15-17-3-1-2-4-19(17)26-20/h1-8,15,26H,9-14H2,(H,25,29). The number of benzene rings is 2. The Morgan fingerprint density at radius 1 is 0.935 bits per heavy atom. The second-order valence-electron chi connectivity index (χ2n) is 7.49. The Labute approximate surface area is 185 Å². The van der Waals surface area contributed by atoms with Crippen molar-refractivity contribution >= 4 is 40.2 Å². The summed E-state index contributed by atoms with van der Waals surface area (Å²) in [6.45, 7) is 1.80. The average Bonchev–Trinajstić information content (AvgIpc) is 3.24. The molecule has 2 N–H and O–H groups in total. The van der Waals surface area contributed by atoms with Crippen molar-refractivity contribution in [3.05, 3.63) is 70.9 Å². The lowest BCUT2D eigenvalue weighted by Gasteiger charge is -2.34. The monoisotopic (exact) mass is 438 g/mol. The molecule has 7 nitrogen and oxygen atoms in total. The van der Waals surface area contributed by atoms with E-state index in [0.717, 1.165) is 16.5 Å². The predicted molar refractivity (Wildman–Crippen MR) is 119 cm³/mol. The van der Waals surface area contributed by atoms with E-state index >= 15 is 0 Å². The van der Waals surface area contributed by atoms with Gasteiger partial charge in [-0.3, -0.25) is 14.4 Å². The highest BCUT2D eigenvalue weighted by Crippen LogP contribution is 2.17. The van der Waals surface area contributed by atoms with Crippen molar-refractivity contribution in [2.45, 2.75) is 6.42 Å². The third-order valence-corrected chi connectivity index (χ3v) is 5.67. The van der Waals surface area contributed by atoms with Gasteiger partial charge in [0, 0.05) is 48.6 Å². The van der Waals surface area contributed by atoms with E-state index < -0.39 is 11.8 Å². The van der Waals surface area contributed by atoms with Gasteiger partial charge in [0.1, 0.15) is 5.69 Å². The molecule has 0 radical (unpaired) electrons. The zero-order valence-corrected chi connectivity index (χ0v) is 17.7. The highest BCUT2D eigenvalue weighted by Gasteiger charge is 2.28. The van der Waals surface area contributed by atoms with Gasteiger partial charge in [-0.25, -0.2) is 0 Å². The first-order valence-corrected chi connectivity index (χ1v) is 10.6. The molecule has 0 spiro atoms. The summed E-state index contributed by atoms with van der Waals surface area (Å²) in [6.07, 6.45) is 0.614. The van der Waals surface area contributed by atoms with Crippen LogP contribution < -0.4 is 5.32 Å². The van der Waals surface area contributed by atoms with Crippen molar-refractivity contribution in [2.75, 3.05) is 32.7 Å². The van der Waals surface area contributed by atoms with Gasteiger partial charge in [-0.15, -0.1) is 0 Å². The van der Waals surface area contributed by atoms with E-state index in [0.29, 0.717) is 49.9 Å². The van der Waals surface area contributed by atoms with Gasteiger partial charge in [0.2, 0.25) is 0 Å². The fraction of sp³-hybridized carbons (Fsp3) is 0.261. The summed E-state index contributed by atoms with van der Waals surface area (Å²) in [4.78, 5) is 43.8. The Kier molecular flexibility index (Phi) is 6.23. The van der Waals surface area contributed by atoms with Crippen molar-refractivity contribution < 1.29 is 14.4 Å². The second kappa shape index (κ2) is 9.22. The molecule has 0 aliphatic carbocycles. The summed E-state index contributed by atoms with van der Waals surface area (Å²) in [5, 5.41) is 4.31. The number of piperazine rings is 1. The second-order valence-corrected chi connectivity index (χ2v) is 7.92. The Morgan fingerprint density at radius 3 is 2.32 bits per heavy atom. The molecule has 3 amide bonds. The molecule has 8 heteroatoms. The van der Waals surface area contributed by atoms with Crippen molar-refractivity contribution in [3.63, 3.8) is 0 Å². The molecule has 0 saturated carbocycles. The molecular formula is C23H23ClN4O3. The van der Waals surface area contributed by atoms with Crippen LogP contribution in [0.15, 0.2) is 54.6 Å². The van der Waals surface area contributed by atoms with Gasteiger partial charge >= 0.3 is 11.8 Å². The van der Waals surface area contributed by atoms with E-state index in [4.69, 9.17) is 11.6 Å². The molecule has 31 heavy (non-hydrogen) atoms. The maximum Gasteiger partial charge on any atom is 0.312 e. The number of rotatable bonds is 4. The van der Waals surface area contributed by atoms with Crippen LogP contribution in [0.1, 0.15) is 16.1 Å². The van der Waals surface area contributed by atoms with E-state index in [1.165, 1.54) is 4.90 Å². The van der Waals surface area contributed by atoms with E-state index in [2.05, 4.69) is 10.3 Å². The lowest BCUT2D eigenvalue weighted by Crippen LogP contribution is -2.54. The lowest BCUT2D eigenvalue weighted by molar-refractivity contribution is -0.146. The minimum Gasteiger partial charge on any atom is -0.351 e. The number of hydrogen-bond donors (Lipinski definition) is 2. The minimum absolute atomic E-state index is 0.101. The number of fused-ring (bicyclic) bond motifs is 1. The molecule has 3 aromatic rings. The number of amides is 3. The van der Waals surface area contributed by atoms with Crippen molar-refractivity contribution in [1.82, 2.24) is 20.1 Å². The summed E-state index contributed by atoms with van der Waals surface area (Å²) in [7, 11) is 0. The Balaban J connectivity index is 1.25. The molecule has 1 aliphatic heterocycles. The SMILES string of the molecule is O=C(NCCc1ccc(Cl)cc1)C(=O)N1CCN(C(=O)c2cc3ccccc3[nH]2)CC1. The molecule has 0 bridgehead atoms. The summed E-state index contributed by atoms with van der Waals surface area (Å²) < 4.78 is 0. The van der Waals surface area contributed by atoms with Crippen molar-refractivity contribution in [3.8, 4) is 0 Å². The number of nitrogens with zero attached hydrogens (tertiary/aromatic N) is 2. The highest BCUT2D eigenvalue weighted by atomic mass is 35.5. The Hall–Kier alpha value is -3.32. The van der Waals surface area contributed by atoms with Gasteiger partial charge < -0.3 is 20.1 Å². The van der Waals surface area contributed by atoms with Gasteiger partial charge in [0.05, 0.1) is 0 Å². The van der Waals surface area contributed by atoms with Crippen LogP contribution in [0.25, 0.3) is 10.9 Å². The number of halogens is 1. The molecular weight excluding hydrogens is 416 g/mol. The van der Waals surface area contributed by atoms with Gasteiger partial charge in [-0.05, 0) is 36.2 Å². The summed E-state index contributed by atoms with van der Waals surface area (Å²) >= 11 is 5.86. The quantitative estimate of drug-likeness (QED) is 0.613. The molecule has 0 atom stereocenters. The van der Waals surface area contributed by atoms with Crippen molar-refractivity contribution in [1.29, 1.82) is 0 Å². The number of hydrogen-bond acceptors (Lipinski definition) is 3. The third kappa shape index (κ3) is 4.88. The van der Waals surface area contributed by atoms with Crippen LogP contribution in [0.4, 0.5) is 0 Å². The molecule has 1 saturated heterocycles. The van der Waals surface area contributed by atoms with Gasteiger partial charge in [-0.2, -0.15) is 0 Å². The van der Waals surface area contributed by atoms with Crippen LogP contribution in [0.3, 0.4) is 0 Å². The topological polar surface area (TPSA) is 85.5 Å². The third-order valence-electron chi connectivity index (χ3n) is 5.42. The number of carbonyl (C=O) groups excluding carboxylic acids is 3. The fourth-order valence-corrected chi connectivity index (χ4v) is 3.79. The van der Waals surface area contributed by atoms with E-state index in [1.54, 1.807) is 17.0 Å². The van der Waals surface area contributed by atoms with Crippen LogP contribution >= 0.6 is 11.6 Å². The van der Waals surface area contributed by atoms with Gasteiger partial charge in [0.15, 0.2) is 0 Å². The highest BCUT2D eigenvalue weighted by molar-refractivity contribution is 6.35. The zero-order valence-electron chi connectivity index (χ0n) is 16.9. The smallest absolute Gasteiger partial charge is 0.312 e. The Morgan fingerprint density at radius 2 is 1.61 bits per heavy atom. The molecule has 1 aromatic heterocycles. The number of H-pyrrole nitrogens is 1. The predicted octanol–water partition coefficient (Wildman–Crippen LogP) is 2.46. The van der Waals surface area contributed by atoms with Crippen LogP contribution in [-0.2, 0) is 16.0 Å². The molecule has 1 fully saturated rings. The number of aromatic amines is 1. The largest absolute Gasteiger partial charge is 0.351 e. The van der Waals surface area contributed by atoms with Gasteiger partial charge in [0.25, 0.3) is 5.91 Å². The first-order chi connectivity index (χ1) is 15.0. The molecule has 0 unspecified atom stereocenters. The maximum atomic E-state index is 12.8. The molecule has 160 valence electrons. The Bertz CT molecular complexity index is 1070. The lowest BCUT2D eigenvalue weighted by atomic mass is 10.1.